The highest BCUT2D eigenvalue weighted by atomic mass is 32.1. The number of allylic oxidation sites excluding steroid dienone is 4. The fraction of sp³-hybridized carbons (Fsp3) is 0.884. The van der Waals surface area contributed by atoms with Gasteiger partial charge < -0.3 is 9.47 Å². The first kappa shape index (κ1) is 45.3. The van der Waals surface area contributed by atoms with Gasteiger partial charge in [0, 0.05) is 12.0 Å². The van der Waals surface area contributed by atoms with Gasteiger partial charge >= 0.3 is 0 Å². The summed E-state index contributed by atoms with van der Waals surface area (Å²) in [7, 11) is 0. The SMILES string of the molecule is CCCCCCCC/C=C\CCCCCCCCOC(=S)C(C)(C)CC(C)OCCCCCCCC/C=C\CCCCCCCC. The van der Waals surface area contributed by atoms with Gasteiger partial charge in [-0.2, -0.15) is 0 Å². The van der Waals surface area contributed by atoms with E-state index in [0.29, 0.717) is 0 Å². The third-order valence-corrected chi connectivity index (χ3v) is 9.97. The Morgan fingerprint density at radius 2 is 0.826 bits per heavy atom. The van der Waals surface area contributed by atoms with Crippen LogP contribution in [-0.2, 0) is 9.47 Å². The fourth-order valence-electron chi connectivity index (χ4n) is 6.20. The summed E-state index contributed by atoms with van der Waals surface area (Å²) in [5.74, 6) is 0. The molecule has 0 amide bonds. The van der Waals surface area contributed by atoms with Gasteiger partial charge in [0.15, 0.2) is 5.05 Å². The van der Waals surface area contributed by atoms with Gasteiger partial charge in [-0.1, -0.05) is 168 Å². The maximum Gasteiger partial charge on any atom is 0.165 e. The normalized spacial score (nSPS) is 12.9. The van der Waals surface area contributed by atoms with Crippen LogP contribution in [0.15, 0.2) is 24.3 Å². The molecule has 0 bridgehead atoms. The summed E-state index contributed by atoms with van der Waals surface area (Å²) in [6.07, 6.45) is 48.1. The minimum atomic E-state index is -0.125. The molecule has 0 spiro atoms. The maximum atomic E-state index is 6.16. The van der Waals surface area contributed by atoms with Gasteiger partial charge in [-0.15, -0.1) is 0 Å². The molecule has 0 saturated carbocycles. The Morgan fingerprint density at radius 1 is 0.500 bits per heavy atom. The molecule has 0 N–H and O–H groups in total. The van der Waals surface area contributed by atoms with E-state index in [1.54, 1.807) is 0 Å². The Balaban J connectivity index is 3.57. The number of hydrogen-bond acceptors (Lipinski definition) is 3. The molecule has 0 heterocycles. The van der Waals surface area contributed by atoms with Crippen LogP contribution in [0.1, 0.15) is 221 Å². The van der Waals surface area contributed by atoms with Crippen molar-refractivity contribution >= 4 is 17.3 Å². The van der Waals surface area contributed by atoms with E-state index in [2.05, 4.69) is 58.9 Å². The molecule has 0 saturated heterocycles. The zero-order valence-electron chi connectivity index (χ0n) is 32.0. The Kier molecular flexibility index (Phi) is 35.1. The van der Waals surface area contributed by atoms with Crippen molar-refractivity contribution in [3.63, 3.8) is 0 Å². The molecule has 2 nitrogen and oxygen atoms in total. The van der Waals surface area contributed by atoms with Crippen molar-refractivity contribution in [2.45, 2.75) is 227 Å². The molecule has 0 aliphatic heterocycles. The van der Waals surface area contributed by atoms with Crippen molar-refractivity contribution in [1.82, 2.24) is 0 Å². The number of unbranched alkanes of at least 4 members (excludes halogenated alkanes) is 24. The van der Waals surface area contributed by atoms with Crippen LogP contribution in [0.25, 0.3) is 0 Å². The second-order valence-electron chi connectivity index (χ2n) is 14.8. The van der Waals surface area contributed by atoms with Gasteiger partial charge in [0.1, 0.15) is 0 Å². The molecule has 0 aliphatic carbocycles. The molecule has 1 atom stereocenters. The lowest BCUT2D eigenvalue weighted by Crippen LogP contribution is -2.30. The lowest BCUT2D eigenvalue weighted by molar-refractivity contribution is 0.0400. The zero-order chi connectivity index (χ0) is 33.8. The molecule has 0 aliphatic rings. The minimum Gasteiger partial charge on any atom is -0.486 e. The topological polar surface area (TPSA) is 18.5 Å². The molecule has 0 aromatic heterocycles. The Morgan fingerprint density at radius 3 is 1.22 bits per heavy atom. The molecular formula is C43H82O2S. The van der Waals surface area contributed by atoms with Gasteiger partial charge in [0.05, 0.1) is 12.7 Å². The van der Waals surface area contributed by atoms with Crippen LogP contribution in [0.3, 0.4) is 0 Å². The average molecular weight is 663 g/mol. The van der Waals surface area contributed by atoms with Crippen molar-refractivity contribution in [1.29, 1.82) is 0 Å². The number of ether oxygens (including phenoxy) is 2. The second kappa shape index (κ2) is 35.6. The summed E-state index contributed by atoms with van der Waals surface area (Å²) in [4.78, 5) is 0. The minimum absolute atomic E-state index is 0.125. The predicted molar refractivity (Wildman–Crippen MR) is 211 cm³/mol. The van der Waals surface area contributed by atoms with Crippen LogP contribution in [0, 0.1) is 5.41 Å². The van der Waals surface area contributed by atoms with Crippen molar-refractivity contribution in [3.05, 3.63) is 24.3 Å². The van der Waals surface area contributed by atoms with Gasteiger partial charge in [0.25, 0.3) is 0 Å². The number of rotatable bonds is 36. The van der Waals surface area contributed by atoms with E-state index in [-0.39, 0.29) is 11.5 Å². The monoisotopic (exact) mass is 663 g/mol. The fourth-order valence-corrected chi connectivity index (χ4v) is 6.37. The van der Waals surface area contributed by atoms with Crippen LogP contribution in [0.4, 0.5) is 0 Å². The number of hydrogen-bond donors (Lipinski definition) is 0. The van der Waals surface area contributed by atoms with E-state index in [9.17, 15) is 0 Å². The molecule has 0 aromatic carbocycles. The van der Waals surface area contributed by atoms with Gasteiger partial charge in [-0.3, -0.25) is 0 Å². The highest BCUT2D eigenvalue weighted by Gasteiger charge is 2.28. The summed E-state index contributed by atoms with van der Waals surface area (Å²) < 4.78 is 12.2. The van der Waals surface area contributed by atoms with Crippen molar-refractivity contribution in [2.24, 2.45) is 5.41 Å². The standard InChI is InChI=1S/C43H82O2S/c1-6-8-10-12-14-16-18-20-22-24-26-28-30-32-34-36-38-44-41(3)40-43(4,5)42(46)45-39-37-35-33-31-29-27-25-23-21-19-17-15-13-11-9-7-2/h20-23,41H,6-19,24-40H2,1-5H3/b22-20-,23-21-. The molecule has 3 heteroatoms. The summed E-state index contributed by atoms with van der Waals surface area (Å²) in [5.41, 5.74) is -0.125. The van der Waals surface area contributed by atoms with E-state index < -0.39 is 0 Å². The molecule has 0 fully saturated rings. The van der Waals surface area contributed by atoms with Crippen LogP contribution in [0.2, 0.25) is 0 Å². The highest BCUT2D eigenvalue weighted by Crippen LogP contribution is 2.27. The first-order valence-electron chi connectivity index (χ1n) is 20.5. The summed E-state index contributed by atoms with van der Waals surface area (Å²) in [6.45, 7) is 12.8. The lowest BCUT2D eigenvalue weighted by Gasteiger charge is -2.28. The van der Waals surface area contributed by atoms with Crippen molar-refractivity contribution in [2.75, 3.05) is 13.2 Å². The van der Waals surface area contributed by atoms with Crippen molar-refractivity contribution in [3.8, 4) is 0 Å². The van der Waals surface area contributed by atoms with Gasteiger partial charge in [0.2, 0.25) is 0 Å². The molecule has 1 unspecified atom stereocenters. The quantitative estimate of drug-likeness (QED) is 0.0378. The first-order valence-corrected chi connectivity index (χ1v) is 20.9. The molecule has 46 heavy (non-hydrogen) atoms. The summed E-state index contributed by atoms with van der Waals surface area (Å²) >= 11 is 5.69. The Labute approximate surface area is 295 Å². The first-order chi connectivity index (χ1) is 22.4. The van der Waals surface area contributed by atoms with Crippen LogP contribution in [0.5, 0.6) is 0 Å². The van der Waals surface area contributed by atoms with E-state index in [1.165, 1.54) is 173 Å². The van der Waals surface area contributed by atoms with Crippen LogP contribution in [-0.4, -0.2) is 24.4 Å². The van der Waals surface area contributed by atoms with Crippen molar-refractivity contribution < 1.29 is 9.47 Å². The maximum absolute atomic E-state index is 6.16. The van der Waals surface area contributed by atoms with Crippen LogP contribution >= 0.6 is 12.2 Å². The predicted octanol–water partition coefficient (Wildman–Crippen LogP) is 15.2. The molecular weight excluding hydrogens is 581 g/mol. The average Bonchev–Trinajstić information content (AvgIpc) is 3.03. The smallest absolute Gasteiger partial charge is 0.165 e. The van der Waals surface area contributed by atoms with E-state index in [0.717, 1.165) is 31.1 Å². The zero-order valence-corrected chi connectivity index (χ0v) is 32.8. The molecule has 0 aromatic rings. The molecule has 0 radical (unpaired) electrons. The van der Waals surface area contributed by atoms with Gasteiger partial charge in [-0.05, 0) is 89.8 Å². The summed E-state index contributed by atoms with van der Waals surface area (Å²) in [5, 5.41) is 0.757. The molecule has 0 rings (SSSR count). The van der Waals surface area contributed by atoms with Crippen LogP contribution < -0.4 is 0 Å². The second-order valence-corrected chi connectivity index (χ2v) is 15.2. The lowest BCUT2D eigenvalue weighted by atomic mass is 9.88. The Hall–Kier alpha value is -0.670. The number of thiocarbonyl (C=S) groups is 1. The molecule has 272 valence electrons. The third kappa shape index (κ3) is 33.2. The van der Waals surface area contributed by atoms with Gasteiger partial charge in [-0.25, -0.2) is 0 Å². The van der Waals surface area contributed by atoms with E-state index in [1.807, 2.05) is 0 Å². The Bertz CT molecular complexity index is 682. The third-order valence-electron chi connectivity index (χ3n) is 9.30. The van der Waals surface area contributed by atoms with E-state index in [4.69, 9.17) is 21.7 Å². The summed E-state index contributed by atoms with van der Waals surface area (Å²) in [6, 6.07) is 0. The largest absolute Gasteiger partial charge is 0.486 e. The highest BCUT2D eigenvalue weighted by molar-refractivity contribution is 7.80. The van der Waals surface area contributed by atoms with E-state index >= 15 is 0 Å².